The summed E-state index contributed by atoms with van der Waals surface area (Å²) in [4.78, 5) is 12.5. The first-order valence-corrected chi connectivity index (χ1v) is 10.9. The molecule has 0 radical (unpaired) electrons. The van der Waals surface area contributed by atoms with Crippen LogP contribution in [0.5, 0.6) is 5.75 Å². The molecule has 3 rings (SSSR count). The molecule has 2 aromatic carbocycles. The molecule has 0 aliphatic heterocycles. The van der Waals surface area contributed by atoms with E-state index in [1.807, 2.05) is 0 Å². The summed E-state index contributed by atoms with van der Waals surface area (Å²) in [6.07, 6.45) is -3.20. The van der Waals surface area contributed by atoms with E-state index in [9.17, 15) is 26.4 Å². The van der Waals surface area contributed by atoms with Crippen LogP contribution >= 0.6 is 0 Å². The normalized spacial score (nSPS) is 12.3. The standard InChI is InChI=1S/C21H20F3NO4S/c1-4-29-19-9-7-14(30(27,28)5-2)11-17(19)18-12-25(3)20(26)15-8-6-13(10-16(15)18)21(22,23)24/h6-12H,4-5H2,1-3H3. The van der Waals surface area contributed by atoms with Crippen LogP contribution in [0.1, 0.15) is 19.4 Å². The number of halogens is 3. The quantitative estimate of drug-likeness (QED) is 0.591. The lowest BCUT2D eigenvalue weighted by Crippen LogP contribution is -2.17. The van der Waals surface area contributed by atoms with E-state index < -0.39 is 27.1 Å². The first kappa shape index (κ1) is 21.9. The Morgan fingerprint density at radius 1 is 1.00 bits per heavy atom. The molecule has 0 aliphatic carbocycles. The zero-order chi connectivity index (χ0) is 22.3. The van der Waals surface area contributed by atoms with Crippen LogP contribution in [0.4, 0.5) is 13.2 Å². The second-order valence-corrected chi connectivity index (χ2v) is 8.99. The minimum absolute atomic E-state index is 0.0254. The molecule has 0 saturated carbocycles. The molecule has 30 heavy (non-hydrogen) atoms. The molecule has 1 aromatic heterocycles. The fraction of sp³-hybridized carbons (Fsp3) is 0.286. The van der Waals surface area contributed by atoms with Crippen LogP contribution in [0.15, 0.2) is 52.3 Å². The van der Waals surface area contributed by atoms with E-state index in [4.69, 9.17) is 4.74 Å². The minimum atomic E-state index is -4.59. The monoisotopic (exact) mass is 439 g/mol. The molecule has 0 spiro atoms. The number of hydrogen-bond acceptors (Lipinski definition) is 4. The van der Waals surface area contributed by atoms with Gasteiger partial charge in [0.25, 0.3) is 5.56 Å². The highest BCUT2D eigenvalue weighted by Crippen LogP contribution is 2.38. The number of aromatic nitrogens is 1. The molecule has 0 bridgehead atoms. The van der Waals surface area contributed by atoms with Gasteiger partial charge in [-0.25, -0.2) is 8.42 Å². The highest BCUT2D eigenvalue weighted by atomic mass is 32.2. The van der Waals surface area contributed by atoms with E-state index in [1.54, 1.807) is 6.92 Å². The molecule has 160 valence electrons. The first-order valence-electron chi connectivity index (χ1n) is 9.20. The van der Waals surface area contributed by atoms with Crippen LogP contribution in [-0.2, 0) is 23.1 Å². The Balaban J connectivity index is 2.44. The summed E-state index contributed by atoms with van der Waals surface area (Å²) in [6.45, 7) is 3.51. The first-order chi connectivity index (χ1) is 14.0. The maximum atomic E-state index is 13.3. The van der Waals surface area contributed by atoms with E-state index in [0.717, 1.165) is 18.2 Å². The van der Waals surface area contributed by atoms with Crippen LogP contribution in [0.3, 0.4) is 0 Å². The Morgan fingerprint density at radius 3 is 2.30 bits per heavy atom. The zero-order valence-corrected chi connectivity index (χ0v) is 17.4. The highest BCUT2D eigenvalue weighted by Gasteiger charge is 2.31. The topological polar surface area (TPSA) is 65.4 Å². The Labute approximate surface area is 171 Å². The maximum absolute atomic E-state index is 13.3. The molecule has 5 nitrogen and oxygen atoms in total. The molecule has 3 aromatic rings. The van der Waals surface area contributed by atoms with Crippen LogP contribution in [0.2, 0.25) is 0 Å². The van der Waals surface area contributed by atoms with E-state index in [1.165, 1.54) is 42.9 Å². The summed E-state index contributed by atoms with van der Waals surface area (Å²) in [5.41, 5.74) is -0.793. The van der Waals surface area contributed by atoms with Crippen molar-refractivity contribution in [2.24, 2.45) is 7.05 Å². The number of benzene rings is 2. The van der Waals surface area contributed by atoms with Crippen molar-refractivity contribution in [2.45, 2.75) is 24.9 Å². The Kier molecular flexibility index (Phi) is 5.68. The van der Waals surface area contributed by atoms with E-state index in [-0.39, 0.29) is 33.6 Å². The predicted octanol–water partition coefficient (Wildman–Crippen LogP) is 4.42. The molecular formula is C21H20F3NO4S. The Bertz CT molecular complexity index is 1280. The minimum Gasteiger partial charge on any atom is -0.493 e. The SMILES string of the molecule is CCOc1ccc(S(=O)(=O)CC)cc1-c1cn(C)c(=O)c2ccc(C(F)(F)F)cc12. The van der Waals surface area contributed by atoms with Gasteiger partial charge in [-0.15, -0.1) is 0 Å². The van der Waals surface area contributed by atoms with Crippen LogP contribution in [-0.4, -0.2) is 25.3 Å². The largest absolute Gasteiger partial charge is 0.493 e. The molecule has 0 amide bonds. The van der Waals surface area contributed by atoms with Crippen molar-refractivity contribution in [1.82, 2.24) is 4.57 Å². The second kappa shape index (κ2) is 7.79. The summed E-state index contributed by atoms with van der Waals surface area (Å²) in [6, 6.07) is 7.16. The van der Waals surface area contributed by atoms with Crippen molar-refractivity contribution in [3.63, 3.8) is 0 Å². The van der Waals surface area contributed by atoms with E-state index in [2.05, 4.69) is 0 Å². The van der Waals surface area contributed by atoms with Gasteiger partial charge in [-0.1, -0.05) is 6.92 Å². The van der Waals surface area contributed by atoms with Crippen molar-refractivity contribution in [3.8, 4) is 16.9 Å². The van der Waals surface area contributed by atoms with Crippen molar-refractivity contribution in [2.75, 3.05) is 12.4 Å². The number of aryl methyl sites for hydroxylation is 1. The van der Waals surface area contributed by atoms with Gasteiger partial charge in [-0.3, -0.25) is 4.79 Å². The molecule has 0 atom stereocenters. The fourth-order valence-electron chi connectivity index (χ4n) is 3.22. The zero-order valence-electron chi connectivity index (χ0n) is 16.6. The van der Waals surface area contributed by atoms with Gasteiger partial charge in [-0.05, 0) is 48.7 Å². The van der Waals surface area contributed by atoms with Crippen molar-refractivity contribution in [3.05, 3.63) is 58.5 Å². The van der Waals surface area contributed by atoms with Gasteiger partial charge in [-0.2, -0.15) is 13.2 Å². The summed E-state index contributed by atoms with van der Waals surface area (Å²) >= 11 is 0. The number of rotatable bonds is 5. The van der Waals surface area contributed by atoms with Gasteiger partial charge in [0.1, 0.15) is 5.75 Å². The van der Waals surface area contributed by atoms with E-state index >= 15 is 0 Å². The number of fused-ring (bicyclic) bond motifs is 1. The van der Waals surface area contributed by atoms with Gasteiger partial charge in [0.15, 0.2) is 9.84 Å². The molecular weight excluding hydrogens is 419 g/mol. The van der Waals surface area contributed by atoms with Gasteiger partial charge in [0.2, 0.25) is 0 Å². The van der Waals surface area contributed by atoms with Gasteiger partial charge in [0.05, 0.1) is 22.8 Å². The summed E-state index contributed by atoms with van der Waals surface area (Å²) < 4.78 is 71.5. The average molecular weight is 439 g/mol. The smallest absolute Gasteiger partial charge is 0.416 e. The van der Waals surface area contributed by atoms with Crippen molar-refractivity contribution in [1.29, 1.82) is 0 Å². The third-order valence-corrected chi connectivity index (χ3v) is 6.52. The number of hydrogen-bond donors (Lipinski definition) is 0. The van der Waals surface area contributed by atoms with Gasteiger partial charge < -0.3 is 9.30 Å². The number of ether oxygens (including phenoxy) is 1. The Morgan fingerprint density at radius 2 is 1.70 bits per heavy atom. The predicted molar refractivity (Wildman–Crippen MR) is 109 cm³/mol. The molecule has 0 N–H and O–H groups in total. The summed E-state index contributed by atoms with van der Waals surface area (Å²) in [7, 11) is -2.09. The van der Waals surface area contributed by atoms with Crippen molar-refractivity contribution < 1.29 is 26.3 Å². The van der Waals surface area contributed by atoms with Crippen LogP contribution in [0, 0.1) is 0 Å². The Hall–Kier alpha value is -2.81. The summed E-state index contributed by atoms with van der Waals surface area (Å²) in [5.74, 6) is 0.178. The molecule has 1 heterocycles. The van der Waals surface area contributed by atoms with Crippen molar-refractivity contribution >= 4 is 20.6 Å². The molecule has 0 fully saturated rings. The highest BCUT2D eigenvalue weighted by molar-refractivity contribution is 7.91. The van der Waals surface area contributed by atoms with Crippen LogP contribution < -0.4 is 10.3 Å². The number of nitrogens with zero attached hydrogens (tertiary/aromatic N) is 1. The molecule has 0 saturated heterocycles. The molecule has 0 aliphatic rings. The average Bonchev–Trinajstić information content (AvgIpc) is 2.70. The fourth-order valence-corrected chi connectivity index (χ4v) is 4.12. The molecule has 0 unspecified atom stereocenters. The molecule has 9 heteroatoms. The second-order valence-electron chi connectivity index (χ2n) is 6.71. The summed E-state index contributed by atoms with van der Waals surface area (Å²) in [5, 5.41) is 0.161. The lowest BCUT2D eigenvalue weighted by Gasteiger charge is -2.16. The third kappa shape index (κ3) is 3.94. The van der Waals surface area contributed by atoms with Gasteiger partial charge >= 0.3 is 6.18 Å². The number of sulfone groups is 1. The maximum Gasteiger partial charge on any atom is 0.416 e. The van der Waals surface area contributed by atoms with Gasteiger partial charge in [0, 0.05) is 29.8 Å². The number of pyridine rings is 1. The lowest BCUT2D eigenvalue weighted by atomic mass is 9.98. The van der Waals surface area contributed by atoms with E-state index in [0.29, 0.717) is 11.3 Å². The lowest BCUT2D eigenvalue weighted by molar-refractivity contribution is -0.137. The third-order valence-electron chi connectivity index (χ3n) is 4.79. The van der Waals surface area contributed by atoms with Crippen LogP contribution in [0.25, 0.3) is 21.9 Å². The number of alkyl halides is 3.